The lowest BCUT2D eigenvalue weighted by atomic mass is 9.76. The van der Waals surface area contributed by atoms with Gasteiger partial charge >= 0.3 is 0 Å². The van der Waals surface area contributed by atoms with Crippen LogP contribution in [0.3, 0.4) is 0 Å². The monoisotopic (exact) mass is 468 g/mol. The first kappa shape index (κ1) is 22.2. The van der Waals surface area contributed by atoms with Gasteiger partial charge < -0.3 is 0 Å². The highest BCUT2D eigenvalue weighted by Crippen LogP contribution is 2.34. The van der Waals surface area contributed by atoms with Crippen LogP contribution in [0.5, 0.6) is 0 Å². The fraction of sp³-hybridized carbons (Fsp3) is 0.261. The molecule has 2 atom stereocenters. The van der Waals surface area contributed by atoms with Crippen molar-refractivity contribution in [3.63, 3.8) is 0 Å². The molecule has 0 aliphatic carbocycles. The second kappa shape index (κ2) is 8.84. The van der Waals surface area contributed by atoms with Gasteiger partial charge in [0.25, 0.3) is 0 Å². The molecule has 0 aliphatic rings. The number of Topliss-reactive ketones (excluding diaryl/α,β-unsaturated/α-hetero) is 1. The predicted molar refractivity (Wildman–Crippen MR) is 123 cm³/mol. The van der Waals surface area contributed by atoms with Crippen LogP contribution in [0.2, 0.25) is 10.0 Å². The van der Waals surface area contributed by atoms with Crippen molar-refractivity contribution in [3.05, 3.63) is 95.0 Å². The van der Waals surface area contributed by atoms with E-state index < -0.39 is 11.1 Å². The Bertz CT molecular complexity index is 1080. The number of hydrogen-bond donors (Lipinski definition) is 0. The highest BCUT2D eigenvalue weighted by Gasteiger charge is 2.48. The van der Waals surface area contributed by atoms with Crippen LogP contribution in [0.1, 0.15) is 25.0 Å². The summed E-state index contributed by atoms with van der Waals surface area (Å²) in [5, 5.41) is 9.94. The lowest BCUT2D eigenvalue weighted by Crippen LogP contribution is -2.55. The summed E-state index contributed by atoms with van der Waals surface area (Å²) < 4.78 is 3.22. The van der Waals surface area contributed by atoms with Gasteiger partial charge in [0.15, 0.2) is 5.78 Å². The number of ketones is 1. The van der Waals surface area contributed by atoms with Crippen LogP contribution in [0.25, 0.3) is 0 Å². The minimum absolute atomic E-state index is 0.0779. The number of nitrogens with zero attached hydrogens (tertiary/aromatic N) is 6. The van der Waals surface area contributed by atoms with E-state index in [1.165, 1.54) is 12.7 Å². The molecule has 7 nitrogen and oxygen atoms in total. The van der Waals surface area contributed by atoms with E-state index in [1.807, 2.05) is 62.4 Å². The van der Waals surface area contributed by atoms with E-state index in [0.29, 0.717) is 22.9 Å². The summed E-state index contributed by atoms with van der Waals surface area (Å²) in [6.45, 7) is 3.74. The molecule has 2 heterocycles. The largest absolute Gasteiger partial charge is 0.294 e. The zero-order valence-corrected chi connectivity index (χ0v) is 19.2. The van der Waals surface area contributed by atoms with Crippen LogP contribution in [-0.4, -0.2) is 35.3 Å². The van der Waals surface area contributed by atoms with Gasteiger partial charge in [-0.05, 0) is 49.2 Å². The smallest absolute Gasteiger partial charge is 0.188 e. The zero-order chi connectivity index (χ0) is 22.8. The van der Waals surface area contributed by atoms with Gasteiger partial charge in [-0.15, -0.1) is 0 Å². The first-order valence-corrected chi connectivity index (χ1v) is 10.8. The molecule has 32 heavy (non-hydrogen) atoms. The van der Waals surface area contributed by atoms with Crippen molar-refractivity contribution in [2.45, 2.75) is 37.8 Å². The van der Waals surface area contributed by atoms with E-state index in [4.69, 9.17) is 23.2 Å². The SMILES string of the molecule is CC(Cc1ccc(Cl)cc1)(C(=O)C(C)(Cc1ccc(Cl)cc1)n1cncn1)n1cncn1. The number of halogens is 2. The Kier molecular flexibility index (Phi) is 6.13. The molecule has 0 saturated carbocycles. The highest BCUT2D eigenvalue weighted by molar-refractivity contribution is 6.30. The van der Waals surface area contributed by atoms with Crippen LogP contribution in [0.15, 0.2) is 73.8 Å². The zero-order valence-electron chi connectivity index (χ0n) is 17.7. The average molecular weight is 469 g/mol. The maximum atomic E-state index is 14.4. The molecule has 0 bridgehead atoms. The van der Waals surface area contributed by atoms with Gasteiger partial charge in [0.2, 0.25) is 0 Å². The number of rotatable bonds is 8. The summed E-state index contributed by atoms with van der Waals surface area (Å²) in [5.41, 5.74) is -0.184. The minimum atomic E-state index is -1.04. The maximum absolute atomic E-state index is 14.4. The van der Waals surface area contributed by atoms with Crippen molar-refractivity contribution < 1.29 is 4.79 Å². The standard InChI is InChI=1S/C23H22Cl2N6O/c1-22(30-15-26-13-28-30,11-17-3-7-19(24)8-4-17)21(32)23(2,31-16-27-14-29-31)12-18-5-9-20(25)10-6-18/h3-10,13-16H,11-12H2,1-2H3. The van der Waals surface area contributed by atoms with Gasteiger partial charge in [-0.1, -0.05) is 47.5 Å². The summed E-state index contributed by atoms with van der Waals surface area (Å²) in [4.78, 5) is 22.6. The van der Waals surface area contributed by atoms with Gasteiger partial charge in [-0.3, -0.25) is 4.79 Å². The van der Waals surface area contributed by atoms with Crippen LogP contribution in [0.4, 0.5) is 0 Å². The summed E-state index contributed by atoms with van der Waals surface area (Å²) in [7, 11) is 0. The molecule has 2 aromatic heterocycles. The van der Waals surface area contributed by atoms with Gasteiger partial charge in [0, 0.05) is 22.9 Å². The van der Waals surface area contributed by atoms with Crippen molar-refractivity contribution >= 4 is 29.0 Å². The molecule has 9 heteroatoms. The summed E-state index contributed by atoms with van der Waals surface area (Å²) in [5.74, 6) is -0.0779. The first-order valence-electron chi connectivity index (χ1n) is 10.1. The van der Waals surface area contributed by atoms with E-state index in [1.54, 1.807) is 22.0 Å². The Morgan fingerprint density at radius 1 is 0.750 bits per heavy atom. The molecule has 0 radical (unpaired) electrons. The lowest BCUT2D eigenvalue weighted by Gasteiger charge is -2.38. The van der Waals surface area contributed by atoms with Crippen molar-refractivity contribution in [1.29, 1.82) is 0 Å². The number of aromatic nitrogens is 6. The van der Waals surface area contributed by atoms with Gasteiger partial charge in [0.05, 0.1) is 0 Å². The second-order valence-corrected chi connectivity index (χ2v) is 9.04. The quantitative estimate of drug-likeness (QED) is 0.383. The third kappa shape index (κ3) is 4.31. The molecule has 2 unspecified atom stereocenters. The van der Waals surface area contributed by atoms with Crippen molar-refractivity contribution in [1.82, 2.24) is 29.5 Å². The third-order valence-electron chi connectivity index (χ3n) is 5.75. The molecule has 4 rings (SSSR count). The summed E-state index contributed by atoms with van der Waals surface area (Å²) in [6, 6.07) is 14.9. The van der Waals surface area contributed by atoms with E-state index in [9.17, 15) is 4.79 Å². The molecule has 164 valence electrons. The molecular formula is C23H22Cl2N6O. The Morgan fingerprint density at radius 3 is 1.44 bits per heavy atom. The summed E-state index contributed by atoms with van der Waals surface area (Å²) in [6.07, 6.45) is 6.79. The fourth-order valence-corrected chi connectivity index (χ4v) is 4.29. The number of hydrogen-bond acceptors (Lipinski definition) is 5. The molecule has 2 aromatic carbocycles. The molecule has 0 fully saturated rings. The Hall–Kier alpha value is -3.03. The van der Waals surface area contributed by atoms with E-state index in [2.05, 4.69) is 20.2 Å². The predicted octanol–water partition coefficient (Wildman–Crippen LogP) is 4.36. The molecule has 0 N–H and O–H groups in total. The van der Waals surface area contributed by atoms with E-state index >= 15 is 0 Å². The van der Waals surface area contributed by atoms with E-state index in [0.717, 1.165) is 11.1 Å². The molecule has 4 aromatic rings. The molecule has 0 aliphatic heterocycles. The van der Waals surface area contributed by atoms with Crippen LogP contribution < -0.4 is 0 Å². The third-order valence-corrected chi connectivity index (χ3v) is 6.25. The Labute approximate surface area is 196 Å². The summed E-state index contributed by atoms with van der Waals surface area (Å²) >= 11 is 12.1. The van der Waals surface area contributed by atoms with Crippen LogP contribution >= 0.6 is 23.2 Å². The van der Waals surface area contributed by atoms with Crippen LogP contribution in [0, 0.1) is 0 Å². The molecule has 0 saturated heterocycles. The molecule has 0 amide bonds. The topological polar surface area (TPSA) is 78.5 Å². The van der Waals surface area contributed by atoms with Gasteiger partial charge in [-0.2, -0.15) is 10.2 Å². The number of benzene rings is 2. The average Bonchev–Trinajstić information content (AvgIpc) is 3.51. The van der Waals surface area contributed by atoms with E-state index in [-0.39, 0.29) is 5.78 Å². The normalized spacial score (nSPS) is 15.1. The molecular weight excluding hydrogens is 447 g/mol. The lowest BCUT2D eigenvalue weighted by molar-refractivity contribution is -0.136. The second-order valence-electron chi connectivity index (χ2n) is 8.16. The van der Waals surface area contributed by atoms with Crippen molar-refractivity contribution in [2.75, 3.05) is 0 Å². The minimum Gasteiger partial charge on any atom is -0.294 e. The number of carbonyl (C=O) groups is 1. The van der Waals surface area contributed by atoms with Gasteiger partial charge in [-0.25, -0.2) is 19.3 Å². The van der Waals surface area contributed by atoms with Gasteiger partial charge in [0.1, 0.15) is 36.4 Å². The Morgan fingerprint density at radius 2 is 1.12 bits per heavy atom. The van der Waals surface area contributed by atoms with Crippen molar-refractivity contribution in [2.24, 2.45) is 0 Å². The van der Waals surface area contributed by atoms with Crippen molar-refractivity contribution in [3.8, 4) is 0 Å². The Balaban J connectivity index is 1.79. The number of carbonyl (C=O) groups excluding carboxylic acids is 1. The molecule has 0 spiro atoms. The fourth-order valence-electron chi connectivity index (χ4n) is 4.04. The highest BCUT2D eigenvalue weighted by atomic mass is 35.5. The maximum Gasteiger partial charge on any atom is 0.188 e. The first-order chi connectivity index (χ1) is 15.3. The van der Waals surface area contributed by atoms with Crippen LogP contribution in [-0.2, 0) is 28.7 Å².